The van der Waals surface area contributed by atoms with Crippen molar-refractivity contribution < 1.29 is 18.3 Å². The zero-order valence-corrected chi connectivity index (χ0v) is 9.56. The highest BCUT2D eigenvalue weighted by Gasteiger charge is 2.14. The van der Waals surface area contributed by atoms with E-state index in [1.807, 2.05) is 6.07 Å². The second kappa shape index (κ2) is 5.27. The molecule has 5 heteroatoms. The number of hydrogen-bond acceptors (Lipinski definition) is 3. The first-order valence-electron chi connectivity index (χ1n) is 5.27. The highest BCUT2D eigenvalue weighted by Crippen LogP contribution is 2.16. The van der Waals surface area contributed by atoms with E-state index in [1.54, 1.807) is 0 Å². The van der Waals surface area contributed by atoms with E-state index in [9.17, 15) is 13.6 Å². The van der Waals surface area contributed by atoms with Gasteiger partial charge in [-0.3, -0.25) is 0 Å². The maximum atomic E-state index is 13.3. The van der Waals surface area contributed by atoms with Gasteiger partial charge in [-0.05, 0) is 36.4 Å². The summed E-state index contributed by atoms with van der Waals surface area (Å²) in [6.07, 6.45) is 0. The number of benzene rings is 2. The Kier molecular flexibility index (Phi) is 3.53. The van der Waals surface area contributed by atoms with Crippen molar-refractivity contribution in [2.75, 3.05) is 0 Å². The van der Waals surface area contributed by atoms with E-state index in [1.165, 1.54) is 24.3 Å². The average molecular weight is 259 g/mol. The summed E-state index contributed by atoms with van der Waals surface area (Å²) < 4.78 is 30.9. The van der Waals surface area contributed by atoms with E-state index >= 15 is 0 Å². The van der Waals surface area contributed by atoms with Gasteiger partial charge in [0.1, 0.15) is 17.4 Å². The van der Waals surface area contributed by atoms with Crippen LogP contribution in [0.15, 0.2) is 42.5 Å². The maximum absolute atomic E-state index is 13.3. The first kappa shape index (κ1) is 12.7. The lowest BCUT2D eigenvalue weighted by Gasteiger charge is -2.05. The molecule has 0 atom stereocenters. The van der Waals surface area contributed by atoms with Crippen molar-refractivity contribution in [2.24, 2.45) is 0 Å². The first-order chi connectivity index (χ1) is 9.10. The van der Waals surface area contributed by atoms with Gasteiger partial charge < -0.3 is 4.74 Å². The number of hydrogen-bond donors (Lipinski definition) is 0. The lowest BCUT2D eigenvalue weighted by atomic mass is 10.2. The number of halogens is 2. The first-order valence-corrected chi connectivity index (χ1v) is 5.27. The monoisotopic (exact) mass is 259 g/mol. The molecule has 0 N–H and O–H groups in total. The molecule has 0 amide bonds. The Morgan fingerprint density at radius 1 is 1.11 bits per heavy atom. The SMILES string of the molecule is N#Cc1ccc(OC(=O)c2ccc(F)cc2F)cc1. The minimum absolute atomic E-state index is 0.174. The smallest absolute Gasteiger partial charge is 0.346 e. The Bertz CT molecular complexity index is 660. The highest BCUT2D eigenvalue weighted by molar-refractivity contribution is 5.91. The van der Waals surface area contributed by atoms with Crippen LogP contribution in [-0.2, 0) is 0 Å². The van der Waals surface area contributed by atoms with Crippen LogP contribution in [0.2, 0.25) is 0 Å². The Hall–Kier alpha value is -2.74. The molecule has 19 heavy (non-hydrogen) atoms. The van der Waals surface area contributed by atoms with Crippen LogP contribution in [0.3, 0.4) is 0 Å². The number of nitriles is 1. The topological polar surface area (TPSA) is 50.1 Å². The van der Waals surface area contributed by atoms with Crippen molar-refractivity contribution >= 4 is 5.97 Å². The molecule has 2 aromatic rings. The predicted molar refractivity (Wildman–Crippen MR) is 62.5 cm³/mol. The molecular weight excluding hydrogens is 252 g/mol. The van der Waals surface area contributed by atoms with Gasteiger partial charge >= 0.3 is 5.97 Å². The van der Waals surface area contributed by atoms with Gasteiger partial charge in [0.15, 0.2) is 0 Å². The number of esters is 1. The summed E-state index contributed by atoms with van der Waals surface area (Å²) in [7, 11) is 0. The Balaban J connectivity index is 2.18. The van der Waals surface area contributed by atoms with Crippen molar-refractivity contribution in [3.05, 3.63) is 65.2 Å². The average Bonchev–Trinajstić information content (AvgIpc) is 2.39. The summed E-state index contributed by atoms with van der Waals surface area (Å²) in [5.74, 6) is -2.51. The van der Waals surface area contributed by atoms with E-state index < -0.39 is 17.6 Å². The summed E-state index contributed by atoms with van der Waals surface area (Å²) in [6.45, 7) is 0. The van der Waals surface area contributed by atoms with Crippen molar-refractivity contribution in [3.8, 4) is 11.8 Å². The molecule has 0 bridgehead atoms. The third-order valence-electron chi connectivity index (χ3n) is 2.35. The molecule has 0 aliphatic carbocycles. The summed E-state index contributed by atoms with van der Waals surface area (Å²) in [5.41, 5.74) is 0.0542. The molecule has 0 heterocycles. The van der Waals surface area contributed by atoms with Gasteiger partial charge in [-0.1, -0.05) is 0 Å². The molecule has 0 spiro atoms. The maximum Gasteiger partial charge on any atom is 0.346 e. The molecular formula is C14H7F2NO2. The van der Waals surface area contributed by atoms with Crippen LogP contribution >= 0.6 is 0 Å². The van der Waals surface area contributed by atoms with Crippen molar-refractivity contribution in [3.63, 3.8) is 0 Å². The van der Waals surface area contributed by atoms with Crippen molar-refractivity contribution in [2.45, 2.75) is 0 Å². The molecule has 0 aliphatic heterocycles. The van der Waals surface area contributed by atoms with E-state index in [4.69, 9.17) is 10.00 Å². The van der Waals surface area contributed by atoms with Crippen molar-refractivity contribution in [1.82, 2.24) is 0 Å². The minimum atomic E-state index is -0.987. The van der Waals surface area contributed by atoms with Gasteiger partial charge in [0, 0.05) is 6.07 Å². The van der Waals surface area contributed by atoms with E-state index in [0.29, 0.717) is 11.6 Å². The third kappa shape index (κ3) is 2.93. The number of ether oxygens (including phenoxy) is 1. The van der Waals surface area contributed by atoms with Crippen LogP contribution in [0.25, 0.3) is 0 Å². The number of carbonyl (C=O) groups excluding carboxylic acids is 1. The summed E-state index contributed by atoms with van der Waals surface area (Å²) in [6, 6.07) is 10.3. The zero-order valence-electron chi connectivity index (χ0n) is 9.56. The molecule has 0 aliphatic rings. The fourth-order valence-electron chi connectivity index (χ4n) is 1.41. The second-order valence-electron chi connectivity index (χ2n) is 3.65. The van der Waals surface area contributed by atoms with Crippen LogP contribution in [0, 0.1) is 23.0 Å². The summed E-state index contributed by atoms with van der Waals surface area (Å²) in [5, 5.41) is 8.61. The predicted octanol–water partition coefficient (Wildman–Crippen LogP) is 3.06. The Morgan fingerprint density at radius 3 is 2.37 bits per heavy atom. The fraction of sp³-hybridized carbons (Fsp3) is 0. The van der Waals surface area contributed by atoms with Crippen LogP contribution < -0.4 is 4.74 Å². The molecule has 0 saturated heterocycles. The standard InChI is InChI=1S/C14H7F2NO2/c15-10-3-6-12(13(16)7-10)14(18)19-11-4-1-9(8-17)2-5-11/h1-7H. The molecule has 2 aromatic carbocycles. The van der Waals surface area contributed by atoms with Gasteiger partial charge in [0.2, 0.25) is 0 Å². The fourth-order valence-corrected chi connectivity index (χ4v) is 1.41. The van der Waals surface area contributed by atoms with E-state index in [0.717, 1.165) is 12.1 Å². The number of nitrogens with zero attached hydrogens (tertiary/aromatic N) is 1. The van der Waals surface area contributed by atoms with Gasteiger partial charge in [0.25, 0.3) is 0 Å². The largest absolute Gasteiger partial charge is 0.423 e. The number of carbonyl (C=O) groups is 1. The summed E-state index contributed by atoms with van der Waals surface area (Å²) in [4.78, 5) is 11.7. The van der Waals surface area contributed by atoms with Crippen molar-refractivity contribution in [1.29, 1.82) is 5.26 Å². The van der Waals surface area contributed by atoms with Gasteiger partial charge in [-0.2, -0.15) is 5.26 Å². The molecule has 0 aromatic heterocycles. The van der Waals surface area contributed by atoms with Gasteiger partial charge in [-0.25, -0.2) is 13.6 Å². The molecule has 0 saturated carbocycles. The van der Waals surface area contributed by atoms with Crippen LogP contribution in [-0.4, -0.2) is 5.97 Å². The summed E-state index contributed by atoms with van der Waals surface area (Å²) >= 11 is 0. The van der Waals surface area contributed by atoms with Crippen LogP contribution in [0.1, 0.15) is 15.9 Å². The molecule has 94 valence electrons. The zero-order chi connectivity index (χ0) is 13.8. The molecule has 0 radical (unpaired) electrons. The molecule has 3 nitrogen and oxygen atoms in total. The van der Waals surface area contributed by atoms with Gasteiger partial charge in [0.05, 0.1) is 17.2 Å². The lowest BCUT2D eigenvalue weighted by molar-refractivity contribution is 0.0730. The quantitative estimate of drug-likeness (QED) is 0.615. The minimum Gasteiger partial charge on any atom is -0.423 e. The lowest BCUT2D eigenvalue weighted by Crippen LogP contribution is -2.10. The third-order valence-corrected chi connectivity index (χ3v) is 2.35. The Morgan fingerprint density at radius 2 is 1.79 bits per heavy atom. The van der Waals surface area contributed by atoms with Crippen LogP contribution in [0.4, 0.5) is 8.78 Å². The highest BCUT2D eigenvalue weighted by atomic mass is 19.1. The normalized spacial score (nSPS) is 9.74. The molecule has 0 fully saturated rings. The second-order valence-corrected chi connectivity index (χ2v) is 3.65. The van der Waals surface area contributed by atoms with Gasteiger partial charge in [-0.15, -0.1) is 0 Å². The molecule has 0 unspecified atom stereocenters. The molecule has 2 rings (SSSR count). The Labute approximate surface area is 107 Å². The van der Waals surface area contributed by atoms with E-state index in [2.05, 4.69) is 0 Å². The number of rotatable bonds is 2. The van der Waals surface area contributed by atoms with E-state index in [-0.39, 0.29) is 11.3 Å². The van der Waals surface area contributed by atoms with Crippen LogP contribution in [0.5, 0.6) is 5.75 Å².